The Morgan fingerprint density at radius 2 is 1.90 bits per heavy atom. The number of benzene rings is 2. The van der Waals surface area contributed by atoms with Crippen LogP contribution in [0.2, 0.25) is 0 Å². The standard InChI is InChI=1S/C23H25N5O2/c1-3-19(21(13-24)28(2)25)23(17-9-10-20-18(12-17)14-26-27-20)16-7-4-15(5-8-16)6-11-22(29)30/h4-14H,3,24-25H2,1-2H3,(H,26,27)(H,29,30)/b11-6+,21-13-,23-19+. The first-order valence-electron chi connectivity index (χ1n) is 9.53. The van der Waals surface area contributed by atoms with Crippen LogP contribution in [0.25, 0.3) is 22.6 Å². The van der Waals surface area contributed by atoms with Crippen LogP contribution in [0, 0.1) is 0 Å². The fourth-order valence-electron chi connectivity index (χ4n) is 3.46. The minimum Gasteiger partial charge on any atom is -0.478 e. The molecule has 0 bridgehead atoms. The van der Waals surface area contributed by atoms with E-state index in [1.165, 1.54) is 11.2 Å². The average molecular weight is 403 g/mol. The van der Waals surface area contributed by atoms with Gasteiger partial charge in [-0.2, -0.15) is 5.10 Å². The van der Waals surface area contributed by atoms with Crippen molar-refractivity contribution < 1.29 is 9.90 Å². The highest BCUT2D eigenvalue weighted by atomic mass is 16.4. The van der Waals surface area contributed by atoms with Gasteiger partial charge in [0.15, 0.2) is 0 Å². The third-order valence-corrected chi connectivity index (χ3v) is 4.85. The minimum atomic E-state index is -0.981. The number of aliphatic carboxylic acids is 1. The summed E-state index contributed by atoms with van der Waals surface area (Å²) in [6.07, 6.45) is 6.70. The summed E-state index contributed by atoms with van der Waals surface area (Å²) in [6.45, 7) is 2.06. The molecule has 0 saturated carbocycles. The van der Waals surface area contributed by atoms with E-state index < -0.39 is 5.97 Å². The van der Waals surface area contributed by atoms with Crippen molar-refractivity contribution in [2.75, 3.05) is 7.05 Å². The molecule has 3 rings (SSSR count). The highest BCUT2D eigenvalue weighted by Crippen LogP contribution is 2.34. The maximum absolute atomic E-state index is 10.8. The number of allylic oxidation sites excluding steroid dienone is 1. The number of H-pyrrole nitrogens is 1. The van der Waals surface area contributed by atoms with Crippen LogP contribution < -0.4 is 11.6 Å². The lowest BCUT2D eigenvalue weighted by Gasteiger charge is -2.23. The third-order valence-electron chi connectivity index (χ3n) is 4.85. The molecule has 0 fully saturated rings. The van der Waals surface area contributed by atoms with Crippen LogP contribution in [0.5, 0.6) is 0 Å². The second-order valence-corrected chi connectivity index (χ2v) is 6.84. The largest absolute Gasteiger partial charge is 0.478 e. The number of nitrogens with one attached hydrogen (secondary N) is 1. The number of carboxylic acid groups (broad SMARTS) is 1. The first kappa shape index (κ1) is 20.9. The lowest BCUT2D eigenvalue weighted by Crippen LogP contribution is -2.27. The van der Waals surface area contributed by atoms with E-state index in [1.54, 1.807) is 19.3 Å². The van der Waals surface area contributed by atoms with Gasteiger partial charge in [0, 0.05) is 24.7 Å². The van der Waals surface area contributed by atoms with Gasteiger partial charge < -0.3 is 15.8 Å². The Balaban J connectivity index is 2.21. The van der Waals surface area contributed by atoms with Crippen molar-refractivity contribution in [3.05, 3.63) is 88.9 Å². The molecule has 0 aliphatic heterocycles. The first-order chi connectivity index (χ1) is 14.4. The Hall–Kier alpha value is -3.84. The molecule has 0 spiro atoms. The number of rotatable bonds is 7. The van der Waals surface area contributed by atoms with E-state index in [2.05, 4.69) is 23.2 Å². The summed E-state index contributed by atoms with van der Waals surface area (Å²) in [6, 6.07) is 13.8. The Morgan fingerprint density at radius 1 is 1.20 bits per heavy atom. The predicted molar refractivity (Wildman–Crippen MR) is 120 cm³/mol. The van der Waals surface area contributed by atoms with Crippen LogP contribution in [0.1, 0.15) is 30.0 Å². The van der Waals surface area contributed by atoms with E-state index in [1.807, 2.05) is 36.4 Å². The third kappa shape index (κ3) is 4.42. The van der Waals surface area contributed by atoms with E-state index in [0.29, 0.717) is 6.42 Å². The summed E-state index contributed by atoms with van der Waals surface area (Å²) in [7, 11) is 1.75. The zero-order chi connectivity index (χ0) is 21.7. The van der Waals surface area contributed by atoms with Crippen LogP contribution >= 0.6 is 0 Å². The maximum atomic E-state index is 10.8. The predicted octanol–water partition coefficient (Wildman–Crippen LogP) is 3.48. The highest BCUT2D eigenvalue weighted by Gasteiger charge is 2.17. The van der Waals surface area contributed by atoms with Crippen LogP contribution in [-0.2, 0) is 4.79 Å². The minimum absolute atomic E-state index is 0.712. The molecule has 2 aromatic carbocycles. The zero-order valence-corrected chi connectivity index (χ0v) is 17.0. The van der Waals surface area contributed by atoms with E-state index in [4.69, 9.17) is 16.7 Å². The molecule has 1 aromatic heterocycles. The highest BCUT2D eigenvalue weighted by molar-refractivity contribution is 5.90. The van der Waals surface area contributed by atoms with Gasteiger partial charge in [0.1, 0.15) is 0 Å². The summed E-state index contributed by atoms with van der Waals surface area (Å²) in [5.41, 5.74) is 12.4. The maximum Gasteiger partial charge on any atom is 0.328 e. The van der Waals surface area contributed by atoms with Gasteiger partial charge in [0.05, 0.1) is 17.4 Å². The number of carboxylic acids is 1. The molecule has 154 valence electrons. The van der Waals surface area contributed by atoms with Gasteiger partial charge in [-0.05, 0) is 52.5 Å². The number of hydrazine groups is 1. The number of nitrogens with two attached hydrogens (primary N) is 2. The number of aromatic amines is 1. The molecule has 0 radical (unpaired) electrons. The van der Waals surface area contributed by atoms with E-state index in [0.717, 1.165) is 50.5 Å². The van der Waals surface area contributed by atoms with Gasteiger partial charge >= 0.3 is 5.97 Å². The van der Waals surface area contributed by atoms with Crippen LogP contribution in [-0.4, -0.2) is 33.3 Å². The van der Waals surface area contributed by atoms with Crippen molar-refractivity contribution in [1.29, 1.82) is 0 Å². The van der Waals surface area contributed by atoms with Crippen molar-refractivity contribution in [3.63, 3.8) is 0 Å². The van der Waals surface area contributed by atoms with Gasteiger partial charge in [-0.1, -0.05) is 37.3 Å². The lowest BCUT2D eigenvalue weighted by atomic mass is 9.89. The number of nitrogens with zero attached hydrogens (tertiary/aromatic N) is 2. The molecule has 0 aliphatic rings. The van der Waals surface area contributed by atoms with E-state index in [-0.39, 0.29) is 0 Å². The second kappa shape index (κ2) is 9.11. The number of hydrogen-bond donors (Lipinski definition) is 4. The molecular weight excluding hydrogens is 378 g/mol. The summed E-state index contributed by atoms with van der Waals surface area (Å²) in [5.74, 6) is 5.07. The summed E-state index contributed by atoms with van der Waals surface area (Å²) < 4.78 is 0. The summed E-state index contributed by atoms with van der Waals surface area (Å²) in [4.78, 5) is 10.8. The summed E-state index contributed by atoms with van der Waals surface area (Å²) >= 11 is 0. The number of hydrogen-bond acceptors (Lipinski definition) is 5. The molecule has 0 amide bonds. The molecule has 30 heavy (non-hydrogen) atoms. The number of fused-ring (bicyclic) bond motifs is 1. The fraction of sp³-hybridized carbons (Fsp3) is 0.130. The zero-order valence-electron chi connectivity index (χ0n) is 17.0. The monoisotopic (exact) mass is 403 g/mol. The van der Waals surface area contributed by atoms with Crippen LogP contribution in [0.4, 0.5) is 0 Å². The molecule has 0 unspecified atom stereocenters. The molecular formula is C23H25N5O2. The first-order valence-corrected chi connectivity index (χ1v) is 9.53. The van der Waals surface area contributed by atoms with Gasteiger partial charge in [-0.3, -0.25) is 5.10 Å². The second-order valence-electron chi connectivity index (χ2n) is 6.84. The topological polar surface area (TPSA) is 121 Å². The van der Waals surface area contributed by atoms with Crippen molar-refractivity contribution in [1.82, 2.24) is 15.2 Å². The Morgan fingerprint density at radius 3 is 2.50 bits per heavy atom. The van der Waals surface area contributed by atoms with Crippen LogP contribution in [0.3, 0.4) is 0 Å². The van der Waals surface area contributed by atoms with Gasteiger partial charge in [-0.25, -0.2) is 10.6 Å². The molecule has 7 nitrogen and oxygen atoms in total. The molecule has 0 atom stereocenters. The quantitative estimate of drug-likeness (QED) is 0.207. The van der Waals surface area contributed by atoms with Crippen LogP contribution in [0.15, 0.2) is 72.2 Å². The molecule has 0 aliphatic carbocycles. The average Bonchev–Trinajstić information content (AvgIpc) is 3.20. The van der Waals surface area contributed by atoms with E-state index >= 15 is 0 Å². The van der Waals surface area contributed by atoms with E-state index in [9.17, 15) is 4.79 Å². The van der Waals surface area contributed by atoms with Gasteiger partial charge in [0.2, 0.25) is 0 Å². The molecule has 3 aromatic rings. The number of carbonyl (C=O) groups is 1. The smallest absolute Gasteiger partial charge is 0.328 e. The van der Waals surface area contributed by atoms with Crippen molar-refractivity contribution in [2.45, 2.75) is 13.3 Å². The van der Waals surface area contributed by atoms with Crippen molar-refractivity contribution in [2.24, 2.45) is 11.6 Å². The van der Waals surface area contributed by atoms with Crippen molar-refractivity contribution >= 4 is 28.5 Å². The Kier molecular flexibility index (Phi) is 6.34. The number of aromatic nitrogens is 2. The molecule has 6 N–H and O–H groups in total. The lowest BCUT2D eigenvalue weighted by molar-refractivity contribution is -0.131. The van der Waals surface area contributed by atoms with Gasteiger partial charge in [-0.15, -0.1) is 0 Å². The number of likely N-dealkylation sites (N-methyl/N-ethyl adjacent to an activating group) is 1. The molecule has 0 saturated heterocycles. The summed E-state index contributed by atoms with van der Waals surface area (Å²) in [5, 5.41) is 18.4. The van der Waals surface area contributed by atoms with Gasteiger partial charge in [0.25, 0.3) is 0 Å². The SMILES string of the molecule is CCC(/C(=C/N)N(C)N)=C(/c1ccc(/C=C/C(=O)O)cc1)c1ccc2[nH]ncc2c1. The Bertz CT molecular complexity index is 1140. The fourth-order valence-corrected chi connectivity index (χ4v) is 3.46. The molecule has 7 heteroatoms. The molecule has 1 heterocycles. The van der Waals surface area contributed by atoms with Crippen molar-refractivity contribution in [3.8, 4) is 0 Å². The normalized spacial score (nSPS) is 13.0. The Labute approximate surface area is 175 Å².